The van der Waals surface area contributed by atoms with Crippen LogP contribution in [0.4, 0.5) is 5.69 Å². The molecule has 0 fully saturated rings. The Morgan fingerprint density at radius 1 is 1.53 bits per heavy atom. The Morgan fingerprint density at radius 3 is 2.74 bits per heavy atom. The first kappa shape index (κ1) is 12.8. The molecule has 0 N–H and O–H groups in total. The van der Waals surface area contributed by atoms with Gasteiger partial charge in [0.15, 0.2) is 0 Å². The third-order valence-electron chi connectivity index (χ3n) is 2.84. The van der Waals surface area contributed by atoms with Crippen LogP contribution < -0.4 is 0 Å². The molecule has 0 amide bonds. The van der Waals surface area contributed by atoms with Crippen molar-refractivity contribution in [1.82, 2.24) is 14.3 Å². The Bertz CT molecular complexity index is 675. The summed E-state index contributed by atoms with van der Waals surface area (Å²) >= 11 is 0. The fourth-order valence-corrected chi connectivity index (χ4v) is 2.01. The molecule has 0 atom stereocenters. The zero-order valence-corrected chi connectivity index (χ0v) is 10.9. The number of hydrogen-bond donors (Lipinski definition) is 0. The van der Waals surface area contributed by atoms with Gasteiger partial charge in [0.05, 0.1) is 4.92 Å². The van der Waals surface area contributed by atoms with Gasteiger partial charge in [-0.25, -0.2) is 4.68 Å². The highest BCUT2D eigenvalue weighted by Crippen LogP contribution is 2.32. The molecule has 0 aromatic carbocycles. The second kappa shape index (κ2) is 4.57. The van der Waals surface area contributed by atoms with Gasteiger partial charge in [0, 0.05) is 19.2 Å². The van der Waals surface area contributed by atoms with Gasteiger partial charge in [-0.05, 0) is 12.1 Å². The van der Waals surface area contributed by atoms with Crippen molar-refractivity contribution in [1.29, 1.82) is 5.26 Å². The van der Waals surface area contributed by atoms with Crippen molar-refractivity contribution in [3.05, 3.63) is 39.8 Å². The zero-order chi connectivity index (χ0) is 14.2. The maximum absolute atomic E-state index is 11.3. The van der Waals surface area contributed by atoms with E-state index in [2.05, 4.69) is 5.10 Å². The Labute approximate surface area is 109 Å². The first-order valence-electron chi connectivity index (χ1n) is 5.76. The van der Waals surface area contributed by atoms with Gasteiger partial charge in [-0.15, -0.1) is 0 Å². The standard InChI is InChI=1S/C12H13N5O2/c1-8(2)10-11(17(18)19)12(15(3)14-10)16-6-4-5-9(16)7-13/h4-6,8H,1-3H3. The quantitative estimate of drug-likeness (QED) is 0.623. The van der Waals surface area contributed by atoms with Gasteiger partial charge in [-0.1, -0.05) is 13.8 Å². The fraction of sp³-hybridized carbons (Fsp3) is 0.333. The average Bonchev–Trinajstić information content (AvgIpc) is 2.91. The van der Waals surface area contributed by atoms with E-state index in [4.69, 9.17) is 5.26 Å². The van der Waals surface area contributed by atoms with Gasteiger partial charge < -0.3 is 0 Å². The molecule has 2 aromatic heterocycles. The van der Waals surface area contributed by atoms with Gasteiger partial charge in [0.1, 0.15) is 17.5 Å². The van der Waals surface area contributed by atoms with E-state index in [1.54, 1.807) is 25.4 Å². The van der Waals surface area contributed by atoms with E-state index in [-0.39, 0.29) is 11.6 Å². The summed E-state index contributed by atoms with van der Waals surface area (Å²) in [6.07, 6.45) is 1.62. The summed E-state index contributed by atoms with van der Waals surface area (Å²) in [6, 6.07) is 5.28. The van der Waals surface area contributed by atoms with E-state index in [1.807, 2.05) is 19.9 Å². The molecule has 0 aliphatic heterocycles. The van der Waals surface area contributed by atoms with Crippen LogP contribution in [0.25, 0.3) is 5.82 Å². The molecule has 0 unspecified atom stereocenters. The molecule has 0 saturated heterocycles. The maximum atomic E-state index is 11.3. The number of nitrogens with zero attached hydrogens (tertiary/aromatic N) is 5. The molecule has 0 aliphatic rings. The Morgan fingerprint density at radius 2 is 2.21 bits per heavy atom. The fourth-order valence-electron chi connectivity index (χ4n) is 2.01. The molecule has 19 heavy (non-hydrogen) atoms. The van der Waals surface area contributed by atoms with E-state index in [0.29, 0.717) is 17.2 Å². The highest BCUT2D eigenvalue weighted by atomic mass is 16.6. The maximum Gasteiger partial charge on any atom is 0.335 e. The number of rotatable bonds is 3. The average molecular weight is 259 g/mol. The topological polar surface area (TPSA) is 89.7 Å². The lowest BCUT2D eigenvalue weighted by molar-refractivity contribution is -0.385. The highest BCUT2D eigenvalue weighted by molar-refractivity contribution is 5.54. The van der Waals surface area contributed by atoms with Crippen LogP contribution in [0.5, 0.6) is 0 Å². The predicted octanol–water partition coefficient (Wildman–Crippen LogP) is 2.11. The van der Waals surface area contributed by atoms with E-state index >= 15 is 0 Å². The Balaban J connectivity index is 2.77. The smallest absolute Gasteiger partial charge is 0.287 e. The zero-order valence-electron chi connectivity index (χ0n) is 10.9. The van der Waals surface area contributed by atoms with Gasteiger partial charge >= 0.3 is 5.69 Å². The Hall–Kier alpha value is -2.62. The normalized spacial score (nSPS) is 10.7. The number of nitriles is 1. The van der Waals surface area contributed by atoms with Gasteiger partial charge in [0.2, 0.25) is 5.82 Å². The van der Waals surface area contributed by atoms with Gasteiger partial charge in [-0.2, -0.15) is 10.4 Å². The van der Waals surface area contributed by atoms with Crippen LogP contribution in [0.15, 0.2) is 18.3 Å². The van der Waals surface area contributed by atoms with Crippen molar-refractivity contribution in [3.63, 3.8) is 0 Å². The number of aromatic nitrogens is 3. The van der Waals surface area contributed by atoms with E-state index < -0.39 is 4.92 Å². The molecule has 98 valence electrons. The number of nitro groups is 1. The molecule has 0 spiro atoms. The largest absolute Gasteiger partial charge is 0.335 e. The minimum absolute atomic E-state index is 0.0507. The van der Waals surface area contributed by atoms with Crippen LogP contribution in [0.3, 0.4) is 0 Å². The van der Waals surface area contributed by atoms with E-state index in [9.17, 15) is 10.1 Å². The molecular weight excluding hydrogens is 246 g/mol. The molecule has 0 saturated carbocycles. The third-order valence-corrected chi connectivity index (χ3v) is 2.84. The van der Waals surface area contributed by atoms with E-state index in [1.165, 1.54) is 9.25 Å². The lowest BCUT2D eigenvalue weighted by atomic mass is 10.1. The SMILES string of the molecule is CC(C)c1nn(C)c(-n2cccc2C#N)c1[N+](=O)[O-]. The first-order valence-corrected chi connectivity index (χ1v) is 5.76. The first-order chi connectivity index (χ1) is 8.97. The van der Waals surface area contributed by atoms with Crippen molar-refractivity contribution in [3.8, 4) is 11.9 Å². The summed E-state index contributed by atoms with van der Waals surface area (Å²) in [5, 5.41) is 24.6. The van der Waals surface area contributed by atoms with Crippen molar-refractivity contribution in [2.24, 2.45) is 7.05 Å². The second-order valence-corrected chi connectivity index (χ2v) is 4.47. The summed E-state index contributed by atoms with van der Waals surface area (Å²) < 4.78 is 2.92. The predicted molar refractivity (Wildman–Crippen MR) is 68.0 cm³/mol. The molecule has 2 rings (SSSR count). The van der Waals surface area contributed by atoms with Crippen molar-refractivity contribution < 1.29 is 4.92 Å². The van der Waals surface area contributed by atoms with Crippen LogP contribution >= 0.6 is 0 Å². The molecule has 0 bridgehead atoms. The number of hydrogen-bond acceptors (Lipinski definition) is 4. The summed E-state index contributed by atoms with van der Waals surface area (Å²) in [5.41, 5.74) is 0.701. The second-order valence-electron chi connectivity index (χ2n) is 4.47. The van der Waals surface area contributed by atoms with Crippen molar-refractivity contribution >= 4 is 5.69 Å². The summed E-state index contributed by atoms with van der Waals surface area (Å²) in [6.45, 7) is 3.69. The molecule has 7 heteroatoms. The monoisotopic (exact) mass is 259 g/mol. The molecule has 0 aliphatic carbocycles. The minimum atomic E-state index is -0.446. The highest BCUT2D eigenvalue weighted by Gasteiger charge is 2.30. The lowest BCUT2D eigenvalue weighted by Gasteiger charge is -2.04. The summed E-state index contributed by atoms with van der Waals surface area (Å²) in [7, 11) is 1.63. The van der Waals surface area contributed by atoms with Crippen LogP contribution in [0.2, 0.25) is 0 Å². The van der Waals surface area contributed by atoms with Crippen LogP contribution in [0, 0.1) is 21.4 Å². The van der Waals surface area contributed by atoms with Crippen LogP contribution in [-0.4, -0.2) is 19.3 Å². The molecular formula is C12H13N5O2. The van der Waals surface area contributed by atoms with Gasteiger partial charge in [0.25, 0.3) is 0 Å². The summed E-state index contributed by atoms with van der Waals surface area (Å²) in [5.74, 6) is 0.233. The van der Waals surface area contributed by atoms with Crippen molar-refractivity contribution in [2.45, 2.75) is 19.8 Å². The molecule has 7 nitrogen and oxygen atoms in total. The van der Waals surface area contributed by atoms with E-state index in [0.717, 1.165) is 0 Å². The minimum Gasteiger partial charge on any atom is -0.287 e. The lowest BCUT2D eigenvalue weighted by Crippen LogP contribution is -2.06. The van der Waals surface area contributed by atoms with Crippen molar-refractivity contribution in [2.75, 3.05) is 0 Å². The molecule has 0 radical (unpaired) electrons. The van der Waals surface area contributed by atoms with Crippen LogP contribution in [-0.2, 0) is 7.05 Å². The molecule has 2 heterocycles. The van der Waals surface area contributed by atoms with Gasteiger partial charge in [-0.3, -0.25) is 14.7 Å². The molecule has 2 aromatic rings. The third kappa shape index (κ3) is 1.97. The van der Waals surface area contributed by atoms with Crippen LogP contribution in [0.1, 0.15) is 31.2 Å². The summed E-state index contributed by atoms with van der Waals surface area (Å²) in [4.78, 5) is 10.9. The number of aryl methyl sites for hydroxylation is 1. The Kier molecular flexibility index (Phi) is 3.09.